The van der Waals surface area contributed by atoms with Gasteiger partial charge in [0.05, 0.1) is 19.0 Å². The summed E-state index contributed by atoms with van der Waals surface area (Å²) < 4.78 is 7.87. The van der Waals surface area contributed by atoms with Gasteiger partial charge in [0.15, 0.2) is 0 Å². The quantitative estimate of drug-likeness (QED) is 0.720. The van der Waals surface area contributed by atoms with E-state index in [1.54, 1.807) is 6.26 Å². The van der Waals surface area contributed by atoms with Crippen molar-refractivity contribution in [2.45, 2.75) is 39.7 Å². The lowest BCUT2D eigenvalue weighted by Gasteiger charge is -2.32. The second-order valence-electron chi connectivity index (χ2n) is 7.41. The summed E-state index contributed by atoms with van der Waals surface area (Å²) >= 11 is 0. The summed E-state index contributed by atoms with van der Waals surface area (Å²) in [6.07, 6.45) is 9.96. The van der Waals surface area contributed by atoms with Crippen LogP contribution in [0.25, 0.3) is 11.0 Å². The van der Waals surface area contributed by atoms with Gasteiger partial charge in [-0.05, 0) is 43.7 Å². The first-order chi connectivity index (χ1) is 12.6. The molecule has 1 aliphatic heterocycles. The van der Waals surface area contributed by atoms with Crippen LogP contribution in [-0.4, -0.2) is 33.4 Å². The van der Waals surface area contributed by atoms with E-state index in [2.05, 4.69) is 35.5 Å². The Labute approximate surface area is 153 Å². The van der Waals surface area contributed by atoms with Crippen molar-refractivity contribution in [1.82, 2.24) is 14.5 Å². The topological polar surface area (TPSA) is 51.3 Å². The normalized spacial score (nSPS) is 15.7. The number of piperidine rings is 1. The number of benzene rings is 1. The summed E-state index contributed by atoms with van der Waals surface area (Å²) in [7, 11) is 0. The SMILES string of the molecule is Cc1ccc2c(CC(=O)N3CCC(Cn4ccnc4)CC3)coc2c1C. The first-order valence-corrected chi connectivity index (χ1v) is 9.31. The fourth-order valence-corrected chi connectivity index (χ4v) is 3.86. The molecule has 1 aliphatic rings. The molecule has 3 heterocycles. The minimum absolute atomic E-state index is 0.201. The van der Waals surface area contributed by atoms with Crippen LogP contribution in [0.1, 0.15) is 29.5 Å². The first-order valence-electron chi connectivity index (χ1n) is 9.31. The predicted molar refractivity (Wildman–Crippen MR) is 101 cm³/mol. The molecular weight excluding hydrogens is 326 g/mol. The molecule has 3 aromatic rings. The molecule has 0 radical (unpaired) electrons. The van der Waals surface area contributed by atoms with E-state index in [9.17, 15) is 4.79 Å². The zero-order chi connectivity index (χ0) is 18.1. The lowest BCUT2D eigenvalue weighted by Crippen LogP contribution is -2.40. The van der Waals surface area contributed by atoms with Crippen molar-refractivity contribution in [3.05, 3.63) is 53.8 Å². The van der Waals surface area contributed by atoms with E-state index in [1.165, 1.54) is 5.56 Å². The van der Waals surface area contributed by atoms with Crippen LogP contribution in [0, 0.1) is 19.8 Å². The number of hydrogen-bond donors (Lipinski definition) is 0. The number of hydrogen-bond acceptors (Lipinski definition) is 3. The van der Waals surface area contributed by atoms with Crippen molar-refractivity contribution >= 4 is 16.9 Å². The first kappa shape index (κ1) is 16.9. The highest BCUT2D eigenvalue weighted by Crippen LogP contribution is 2.27. The maximum Gasteiger partial charge on any atom is 0.227 e. The van der Waals surface area contributed by atoms with Gasteiger partial charge in [-0.3, -0.25) is 4.79 Å². The molecule has 136 valence electrons. The van der Waals surface area contributed by atoms with Crippen molar-refractivity contribution in [1.29, 1.82) is 0 Å². The summed E-state index contributed by atoms with van der Waals surface area (Å²) in [5.74, 6) is 0.820. The maximum absolute atomic E-state index is 12.8. The molecule has 0 unspecified atom stereocenters. The van der Waals surface area contributed by atoms with Gasteiger partial charge in [-0.1, -0.05) is 12.1 Å². The third-order valence-electron chi connectivity index (χ3n) is 5.68. The van der Waals surface area contributed by atoms with Crippen molar-refractivity contribution in [3.63, 3.8) is 0 Å². The van der Waals surface area contributed by atoms with E-state index in [4.69, 9.17) is 4.42 Å². The predicted octanol–water partition coefficient (Wildman–Crippen LogP) is 3.73. The third-order valence-corrected chi connectivity index (χ3v) is 5.68. The van der Waals surface area contributed by atoms with Crippen LogP contribution in [0.5, 0.6) is 0 Å². The molecular formula is C21H25N3O2. The van der Waals surface area contributed by atoms with Crippen LogP contribution in [0.3, 0.4) is 0 Å². The van der Waals surface area contributed by atoms with Gasteiger partial charge in [0, 0.05) is 43.0 Å². The number of carbonyl (C=O) groups is 1. The molecule has 0 spiro atoms. The molecule has 0 atom stereocenters. The van der Waals surface area contributed by atoms with Crippen LogP contribution >= 0.6 is 0 Å². The van der Waals surface area contributed by atoms with Crippen LogP contribution in [0.4, 0.5) is 0 Å². The summed E-state index contributed by atoms with van der Waals surface area (Å²) in [6.45, 7) is 6.82. The highest BCUT2D eigenvalue weighted by molar-refractivity contribution is 5.89. The highest BCUT2D eigenvalue weighted by atomic mass is 16.3. The number of rotatable bonds is 4. The minimum Gasteiger partial charge on any atom is -0.464 e. The zero-order valence-corrected chi connectivity index (χ0v) is 15.4. The van der Waals surface area contributed by atoms with Crippen molar-refractivity contribution < 1.29 is 9.21 Å². The molecule has 1 fully saturated rings. The Kier molecular flexibility index (Phi) is 4.53. The monoisotopic (exact) mass is 351 g/mol. The number of aromatic nitrogens is 2. The summed E-state index contributed by atoms with van der Waals surface area (Å²) in [4.78, 5) is 18.9. The Morgan fingerprint density at radius 3 is 2.81 bits per heavy atom. The molecule has 0 saturated carbocycles. The van der Waals surface area contributed by atoms with Crippen molar-refractivity contribution in [3.8, 4) is 0 Å². The number of likely N-dealkylation sites (tertiary alicyclic amines) is 1. The lowest BCUT2D eigenvalue weighted by molar-refractivity contribution is -0.131. The van der Waals surface area contributed by atoms with Crippen LogP contribution in [0.2, 0.25) is 0 Å². The van der Waals surface area contributed by atoms with Gasteiger partial charge in [-0.25, -0.2) is 4.98 Å². The average molecular weight is 351 g/mol. The molecule has 0 aliphatic carbocycles. The molecule has 0 N–H and O–H groups in total. The fourth-order valence-electron chi connectivity index (χ4n) is 3.86. The number of nitrogens with zero attached hydrogens (tertiary/aromatic N) is 3. The number of furan rings is 1. The van der Waals surface area contributed by atoms with E-state index in [-0.39, 0.29) is 5.91 Å². The molecule has 1 amide bonds. The summed E-state index contributed by atoms with van der Waals surface area (Å²) in [5.41, 5.74) is 4.27. The Hall–Kier alpha value is -2.56. The smallest absolute Gasteiger partial charge is 0.227 e. The second kappa shape index (κ2) is 6.98. The van der Waals surface area contributed by atoms with E-state index in [0.717, 1.165) is 54.6 Å². The zero-order valence-electron chi connectivity index (χ0n) is 15.4. The average Bonchev–Trinajstić information content (AvgIpc) is 3.29. The van der Waals surface area contributed by atoms with E-state index >= 15 is 0 Å². The minimum atomic E-state index is 0.201. The Balaban J connectivity index is 1.38. The molecule has 1 saturated heterocycles. The number of carbonyl (C=O) groups excluding carboxylic acids is 1. The molecule has 4 rings (SSSR count). The molecule has 26 heavy (non-hydrogen) atoms. The molecule has 0 bridgehead atoms. The van der Waals surface area contributed by atoms with Crippen LogP contribution < -0.4 is 0 Å². The van der Waals surface area contributed by atoms with Gasteiger partial charge in [0.2, 0.25) is 5.91 Å². The molecule has 2 aromatic heterocycles. The van der Waals surface area contributed by atoms with Gasteiger partial charge in [0.25, 0.3) is 0 Å². The standard InChI is InChI=1S/C21H25N3O2/c1-15-3-4-19-18(13-26-21(19)16(15)2)11-20(25)24-8-5-17(6-9-24)12-23-10-7-22-14-23/h3-4,7,10,13-14,17H,5-6,8-9,11-12H2,1-2H3. The Bertz CT molecular complexity index is 903. The Morgan fingerprint density at radius 1 is 1.27 bits per heavy atom. The number of aryl methyl sites for hydroxylation is 2. The third kappa shape index (κ3) is 3.26. The number of imidazole rings is 1. The summed E-state index contributed by atoms with van der Waals surface area (Å²) in [6, 6.07) is 4.17. The van der Waals surface area contributed by atoms with Gasteiger partial charge in [-0.2, -0.15) is 0 Å². The second-order valence-corrected chi connectivity index (χ2v) is 7.41. The van der Waals surface area contributed by atoms with Crippen molar-refractivity contribution in [2.24, 2.45) is 5.92 Å². The Morgan fingerprint density at radius 2 is 2.08 bits per heavy atom. The summed E-state index contributed by atoms with van der Waals surface area (Å²) in [5, 5.41) is 1.07. The lowest BCUT2D eigenvalue weighted by atomic mass is 9.96. The van der Waals surface area contributed by atoms with E-state index in [1.807, 2.05) is 23.6 Å². The van der Waals surface area contributed by atoms with Gasteiger partial charge in [-0.15, -0.1) is 0 Å². The van der Waals surface area contributed by atoms with Crippen LogP contribution in [-0.2, 0) is 17.8 Å². The molecule has 5 heteroatoms. The number of amides is 1. The van der Waals surface area contributed by atoms with Crippen molar-refractivity contribution in [2.75, 3.05) is 13.1 Å². The largest absolute Gasteiger partial charge is 0.464 e. The van der Waals surface area contributed by atoms with Gasteiger partial charge < -0.3 is 13.9 Å². The molecule has 5 nitrogen and oxygen atoms in total. The van der Waals surface area contributed by atoms with Gasteiger partial charge >= 0.3 is 0 Å². The maximum atomic E-state index is 12.8. The van der Waals surface area contributed by atoms with Gasteiger partial charge in [0.1, 0.15) is 5.58 Å². The highest BCUT2D eigenvalue weighted by Gasteiger charge is 2.24. The van der Waals surface area contributed by atoms with Crippen LogP contribution in [0.15, 0.2) is 41.5 Å². The molecule has 1 aromatic carbocycles. The van der Waals surface area contributed by atoms with E-state index < -0.39 is 0 Å². The fraction of sp³-hybridized carbons (Fsp3) is 0.429. The van der Waals surface area contributed by atoms with E-state index in [0.29, 0.717) is 12.3 Å². The number of fused-ring (bicyclic) bond motifs is 1.